The molecule has 3 nitrogen and oxygen atoms in total. The molecule has 1 aliphatic rings. The summed E-state index contributed by atoms with van der Waals surface area (Å²) < 4.78 is 0. The van der Waals surface area contributed by atoms with E-state index in [4.69, 9.17) is 0 Å². The topological polar surface area (TPSA) is 49.9 Å². The predicted octanol–water partition coefficient (Wildman–Crippen LogP) is 4.32. The minimum absolute atomic E-state index is 0.0669. The van der Waals surface area contributed by atoms with Gasteiger partial charge in [-0.2, -0.15) is 0 Å². The van der Waals surface area contributed by atoms with Crippen LogP contribution in [0.5, 0.6) is 0 Å². The average Bonchev–Trinajstić information content (AvgIpc) is 3.05. The van der Waals surface area contributed by atoms with Gasteiger partial charge in [-0.1, -0.05) is 49.1 Å². The molecule has 1 N–H and O–H groups in total. The highest BCUT2D eigenvalue weighted by Crippen LogP contribution is 2.27. The maximum absolute atomic E-state index is 12.5. The smallest absolute Gasteiger partial charge is 0.209 e. The highest BCUT2D eigenvalue weighted by atomic mass is 16.1. The number of aromatic nitrogens is 1. The predicted molar refractivity (Wildman–Crippen MR) is 86.3 cm³/mol. The third-order valence-electron chi connectivity index (χ3n) is 4.50. The lowest BCUT2D eigenvalue weighted by molar-refractivity contribution is 0.0889. The highest BCUT2D eigenvalue weighted by Gasteiger charge is 2.24. The molecule has 3 heteroatoms. The Labute approximate surface area is 130 Å². The molecule has 1 aliphatic carbocycles. The molecule has 22 heavy (non-hydrogen) atoms. The molecule has 1 fully saturated rings. The van der Waals surface area contributed by atoms with E-state index in [2.05, 4.69) is 4.98 Å². The number of carbonyl (C=O) groups is 2. The molecule has 1 aromatic carbocycles. The zero-order valence-electron chi connectivity index (χ0n) is 12.9. The summed E-state index contributed by atoms with van der Waals surface area (Å²) >= 11 is 0. The van der Waals surface area contributed by atoms with E-state index >= 15 is 0 Å². The Morgan fingerprint density at radius 1 is 1.00 bits per heavy atom. The van der Waals surface area contributed by atoms with Crippen molar-refractivity contribution in [1.29, 1.82) is 0 Å². The standard InChI is InChI=1S/C19H21NO2/c1-13-7-9-15(10-8-13)19(22)17-11-16(12-20-17)18(21)14-5-3-2-4-6-14/h7-12,14,20H,2-6H2,1H3. The summed E-state index contributed by atoms with van der Waals surface area (Å²) in [6, 6.07) is 9.19. The number of benzene rings is 1. The van der Waals surface area contributed by atoms with Gasteiger partial charge in [-0.25, -0.2) is 0 Å². The quantitative estimate of drug-likeness (QED) is 0.854. The zero-order chi connectivity index (χ0) is 15.5. The molecule has 2 aromatic rings. The summed E-state index contributed by atoms with van der Waals surface area (Å²) in [6.45, 7) is 1.99. The first-order chi connectivity index (χ1) is 10.6. The van der Waals surface area contributed by atoms with E-state index in [0.29, 0.717) is 16.8 Å². The molecule has 0 atom stereocenters. The van der Waals surface area contributed by atoms with E-state index in [0.717, 1.165) is 31.2 Å². The Balaban J connectivity index is 1.76. The van der Waals surface area contributed by atoms with E-state index in [1.165, 1.54) is 6.42 Å². The summed E-state index contributed by atoms with van der Waals surface area (Å²) in [6.07, 6.45) is 7.13. The minimum atomic E-state index is -0.0669. The molecule has 0 spiro atoms. The first kappa shape index (κ1) is 14.8. The van der Waals surface area contributed by atoms with Crippen molar-refractivity contribution in [2.24, 2.45) is 5.92 Å². The van der Waals surface area contributed by atoms with Crippen LogP contribution in [0.4, 0.5) is 0 Å². The van der Waals surface area contributed by atoms with Gasteiger partial charge in [0, 0.05) is 23.2 Å². The van der Waals surface area contributed by atoms with Crippen LogP contribution in [0.25, 0.3) is 0 Å². The van der Waals surface area contributed by atoms with Crippen LogP contribution in [0.3, 0.4) is 0 Å². The van der Waals surface area contributed by atoms with Gasteiger partial charge in [-0.05, 0) is 25.8 Å². The number of hydrogen-bond acceptors (Lipinski definition) is 2. The summed E-state index contributed by atoms with van der Waals surface area (Å²) in [5, 5.41) is 0. The van der Waals surface area contributed by atoms with E-state index in [1.54, 1.807) is 12.3 Å². The molecule has 1 saturated carbocycles. The fraction of sp³-hybridized carbons (Fsp3) is 0.368. The van der Waals surface area contributed by atoms with E-state index in [-0.39, 0.29) is 17.5 Å². The van der Waals surface area contributed by atoms with Crippen molar-refractivity contribution >= 4 is 11.6 Å². The normalized spacial score (nSPS) is 15.7. The van der Waals surface area contributed by atoms with Crippen LogP contribution >= 0.6 is 0 Å². The lowest BCUT2D eigenvalue weighted by Gasteiger charge is -2.19. The molecule has 3 rings (SSSR count). The van der Waals surface area contributed by atoms with Crippen LogP contribution in [0.1, 0.15) is 64.1 Å². The number of aromatic amines is 1. The van der Waals surface area contributed by atoms with E-state index in [9.17, 15) is 9.59 Å². The fourth-order valence-corrected chi connectivity index (χ4v) is 3.13. The van der Waals surface area contributed by atoms with Gasteiger partial charge < -0.3 is 4.98 Å². The molecule has 1 aromatic heterocycles. The molecule has 0 aliphatic heterocycles. The van der Waals surface area contributed by atoms with Crippen LogP contribution in [-0.4, -0.2) is 16.6 Å². The largest absolute Gasteiger partial charge is 0.358 e. The molecule has 0 unspecified atom stereocenters. The number of nitrogens with one attached hydrogen (secondary N) is 1. The van der Waals surface area contributed by atoms with Crippen LogP contribution < -0.4 is 0 Å². The van der Waals surface area contributed by atoms with Gasteiger partial charge in [-0.3, -0.25) is 9.59 Å². The SMILES string of the molecule is Cc1ccc(C(=O)c2cc(C(=O)C3CCCCC3)c[nH]2)cc1. The molecular weight excluding hydrogens is 274 g/mol. The number of carbonyl (C=O) groups excluding carboxylic acids is 2. The van der Waals surface area contributed by atoms with Crippen LogP contribution in [0.2, 0.25) is 0 Å². The summed E-state index contributed by atoms with van der Waals surface area (Å²) in [5.74, 6) is 0.244. The lowest BCUT2D eigenvalue weighted by atomic mass is 9.84. The number of ketones is 2. The summed E-state index contributed by atoms with van der Waals surface area (Å²) in [5.41, 5.74) is 2.89. The first-order valence-electron chi connectivity index (χ1n) is 7.99. The number of Topliss-reactive ketones (excluding diaryl/α,β-unsaturated/α-hetero) is 1. The molecular formula is C19H21NO2. The van der Waals surface area contributed by atoms with Crippen LogP contribution in [0, 0.1) is 12.8 Å². The van der Waals surface area contributed by atoms with Crippen molar-refractivity contribution in [2.45, 2.75) is 39.0 Å². The summed E-state index contributed by atoms with van der Waals surface area (Å²) in [4.78, 5) is 27.9. The molecule has 1 heterocycles. The van der Waals surface area contributed by atoms with E-state index < -0.39 is 0 Å². The minimum Gasteiger partial charge on any atom is -0.358 e. The highest BCUT2D eigenvalue weighted by molar-refractivity contribution is 6.09. The van der Waals surface area contributed by atoms with Gasteiger partial charge in [0.1, 0.15) is 0 Å². The third kappa shape index (κ3) is 3.03. The Hall–Kier alpha value is -2.16. The molecule has 0 radical (unpaired) electrons. The van der Waals surface area contributed by atoms with Gasteiger partial charge >= 0.3 is 0 Å². The Morgan fingerprint density at radius 2 is 1.68 bits per heavy atom. The molecule has 114 valence electrons. The Kier molecular flexibility index (Phi) is 4.23. The molecule has 0 bridgehead atoms. The van der Waals surface area contributed by atoms with Crippen molar-refractivity contribution in [3.05, 3.63) is 58.9 Å². The zero-order valence-corrected chi connectivity index (χ0v) is 12.9. The van der Waals surface area contributed by atoms with Gasteiger partial charge in [-0.15, -0.1) is 0 Å². The number of rotatable bonds is 4. The van der Waals surface area contributed by atoms with Gasteiger partial charge in [0.2, 0.25) is 5.78 Å². The lowest BCUT2D eigenvalue weighted by Crippen LogP contribution is -2.17. The van der Waals surface area contributed by atoms with Crippen molar-refractivity contribution in [3.8, 4) is 0 Å². The second kappa shape index (κ2) is 6.30. The van der Waals surface area contributed by atoms with Crippen LogP contribution in [-0.2, 0) is 0 Å². The van der Waals surface area contributed by atoms with Gasteiger partial charge in [0.25, 0.3) is 0 Å². The van der Waals surface area contributed by atoms with Crippen molar-refractivity contribution in [1.82, 2.24) is 4.98 Å². The second-order valence-electron chi connectivity index (χ2n) is 6.20. The van der Waals surface area contributed by atoms with Crippen LogP contribution in [0.15, 0.2) is 36.5 Å². The Bertz CT molecular complexity index is 676. The number of aryl methyl sites for hydroxylation is 1. The molecule has 0 saturated heterocycles. The van der Waals surface area contributed by atoms with E-state index in [1.807, 2.05) is 31.2 Å². The third-order valence-corrected chi connectivity index (χ3v) is 4.50. The average molecular weight is 295 g/mol. The number of H-pyrrole nitrogens is 1. The van der Waals surface area contributed by atoms with Crippen molar-refractivity contribution in [3.63, 3.8) is 0 Å². The number of hydrogen-bond donors (Lipinski definition) is 1. The Morgan fingerprint density at radius 3 is 2.36 bits per heavy atom. The summed E-state index contributed by atoms with van der Waals surface area (Å²) in [7, 11) is 0. The van der Waals surface area contributed by atoms with Gasteiger partial charge in [0.05, 0.1) is 5.69 Å². The second-order valence-corrected chi connectivity index (χ2v) is 6.20. The van der Waals surface area contributed by atoms with Crippen molar-refractivity contribution in [2.75, 3.05) is 0 Å². The first-order valence-corrected chi connectivity index (χ1v) is 7.99. The monoisotopic (exact) mass is 295 g/mol. The fourth-order valence-electron chi connectivity index (χ4n) is 3.13. The maximum Gasteiger partial charge on any atom is 0.209 e. The maximum atomic E-state index is 12.5. The van der Waals surface area contributed by atoms with Crippen molar-refractivity contribution < 1.29 is 9.59 Å². The molecule has 0 amide bonds. The van der Waals surface area contributed by atoms with Gasteiger partial charge in [0.15, 0.2) is 5.78 Å².